The lowest BCUT2D eigenvalue weighted by molar-refractivity contribution is 0.0696. The van der Waals surface area contributed by atoms with Gasteiger partial charge in [0.05, 0.1) is 5.56 Å². The average molecular weight is 492 g/mol. The van der Waals surface area contributed by atoms with E-state index in [1.807, 2.05) is 30.3 Å². The molecular formula is C29H27ClFNO3. The van der Waals surface area contributed by atoms with Crippen molar-refractivity contribution in [2.24, 2.45) is 0 Å². The maximum atomic E-state index is 14.8. The summed E-state index contributed by atoms with van der Waals surface area (Å²) < 4.78 is 21.0. The number of ether oxygens (including phenoxy) is 1. The SMILES string of the molecule is Cl.O=C(O)c1ccc(F)c([C@@H]2C[C@H](CNCCc3cccc4ccccc34)Oc3ccccc32)c1. The van der Waals surface area contributed by atoms with Gasteiger partial charge in [0, 0.05) is 18.0 Å². The number of nitrogens with one attached hydrogen (secondary N) is 1. The molecule has 2 atom stereocenters. The minimum absolute atomic E-state index is 0. The number of aromatic carboxylic acids is 1. The van der Waals surface area contributed by atoms with Crippen LogP contribution in [0.2, 0.25) is 0 Å². The minimum atomic E-state index is -1.06. The molecule has 0 unspecified atom stereocenters. The molecule has 1 heterocycles. The molecule has 4 aromatic rings. The van der Waals surface area contributed by atoms with Crippen LogP contribution in [-0.2, 0) is 6.42 Å². The molecule has 4 aromatic carbocycles. The summed E-state index contributed by atoms with van der Waals surface area (Å²) in [5.74, 6) is -1.00. The van der Waals surface area contributed by atoms with Crippen molar-refractivity contribution in [2.45, 2.75) is 24.9 Å². The first kappa shape index (κ1) is 24.7. The zero-order chi connectivity index (χ0) is 23.5. The van der Waals surface area contributed by atoms with Crippen molar-refractivity contribution in [3.8, 4) is 5.75 Å². The van der Waals surface area contributed by atoms with Crippen LogP contribution in [0.5, 0.6) is 5.75 Å². The van der Waals surface area contributed by atoms with Crippen molar-refractivity contribution >= 4 is 29.1 Å². The Hall–Kier alpha value is -3.41. The molecule has 2 N–H and O–H groups in total. The van der Waals surface area contributed by atoms with E-state index in [-0.39, 0.29) is 30.0 Å². The van der Waals surface area contributed by atoms with Gasteiger partial charge in [-0.1, -0.05) is 60.7 Å². The largest absolute Gasteiger partial charge is 0.489 e. The number of carbonyl (C=O) groups is 1. The Balaban J connectivity index is 0.00000289. The highest BCUT2D eigenvalue weighted by Gasteiger charge is 2.31. The summed E-state index contributed by atoms with van der Waals surface area (Å²) in [6, 6.07) is 26.4. The monoisotopic (exact) mass is 491 g/mol. The van der Waals surface area contributed by atoms with E-state index in [0.29, 0.717) is 18.5 Å². The van der Waals surface area contributed by atoms with Crippen LogP contribution in [0.3, 0.4) is 0 Å². The number of hydrogen-bond donors (Lipinski definition) is 2. The lowest BCUT2D eigenvalue weighted by Gasteiger charge is -2.33. The molecule has 0 spiro atoms. The fourth-order valence-corrected chi connectivity index (χ4v) is 4.85. The van der Waals surface area contributed by atoms with Crippen molar-refractivity contribution in [2.75, 3.05) is 13.1 Å². The van der Waals surface area contributed by atoms with Crippen molar-refractivity contribution < 1.29 is 19.0 Å². The standard InChI is InChI=1S/C29H26FNO3.ClH/c30-27-13-12-21(29(32)33)16-26(27)25-17-22(34-28-11-4-3-10-24(25)28)18-31-15-14-20-8-5-7-19-6-1-2-9-23(19)20;/h1-13,16,22,25,31H,14-15,17-18H2,(H,32,33);1H/t22-,25-;/m1./s1. The quantitative estimate of drug-likeness (QED) is 0.301. The van der Waals surface area contributed by atoms with Gasteiger partial charge in [-0.2, -0.15) is 0 Å². The van der Waals surface area contributed by atoms with Crippen molar-refractivity contribution in [1.82, 2.24) is 5.32 Å². The summed E-state index contributed by atoms with van der Waals surface area (Å²) in [6.07, 6.45) is 1.31. The fourth-order valence-electron chi connectivity index (χ4n) is 4.85. The normalized spacial score (nSPS) is 16.7. The summed E-state index contributed by atoms with van der Waals surface area (Å²) in [5.41, 5.74) is 2.67. The highest BCUT2D eigenvalue weighted by molar-refractivity contribution is 5.88. The van der Waals surface area contributed by atoms with Crippen LogP contribution in [0, 0.1) is 5.82 Å². The minimum Gasteiger partial charge on any atom is -0.489 e. The van der Waals surface area contributed by atoms with Gasteiger partial charge in [-0.15, -0.1) is 12.4 Å². The van der Waals surface area contributed by atoms with Gasteiger partial charge >= 0.3 is 5.97 Å². The smallest absolute Gasteiger partial charge is 0.335 e. The Kier molecular flexibility index (Phi) is 7.69. The van der Waals surface area contributed by atoms with Crippen LogP contribution in [-0.4, -0.2) is 30.3 Å². The molecule has 1 aliphatic heterocycles. The van der Waals surface area contributed by atoms with E-state index in [4.69, 9.17) is 4.74 Å². The molecule has 0 aliphatic carbocycles. The van der Waals surface area contributed by atoms with E-state index in [1.165, 1.54) is 34.5 Å². The predicted molar refractivity (Wildman–Crippen MR) is 138 cm³/mol. The molecule has 0 saturated heterocycles. The van der Waals surface area contributed by atoms with E-state index in [0.717, 1.165) is 24.3 Å². The molecule has 0 aromatic heterocycles. The zero-order valence-electron chi connectivity index (χ0n) is 19.1. The number of para-hydroxylation sites is 1. The van der Waals surface area contributed by atoms with Crippen LogP contribution in [0.4, 0.5) is 4.39 Å². The van der Waals surface area contributed by atoms with Crippen LogP contribution in [0.15, 0.2) is 84.9 Å². The first-order valence-electron chi connectivity index (χ1n) is 11.6. The molecule has 0 saturated carbocycles. The van der Waals surface area contributed by atoms with E-state index in [1.54, 1.807) is 0 Å². The van der Waals surface area contributed by atoms with Gasteiger partial charge in [-0.3, -0.25) is 0 Å². The second kappa shape index (κ2) is 10.9. The number of carboxylic acid groups (broad SMARTS) is 1. The number of rotatable bonds is 7. The Morgan fingerprint density at radius 1 is 0.971 bits per heavy atom. The van der Waals surface area contributed by atoms with Crippen molar-refractivity contribution in [3.63, 3.8) is 0 Å². The fraction of sp³-hybridized carbons (Fsp3) is 0.207. The lowest BCUT2D eigenvalue weighted by atomic mass is 9.83. The van der Waals surface area contributed by atoms with Gasteiger partial charge in [0.1, 0.15) is 17.7 Å². The second-order valence-corrected chi connectivity index (χ2v) is 8.70. The van der Waals surface area contributed by atoms with E-state index >= 15 is 0 Å². The second-order valence-electron chi connectivity index (χ2n) is 8.70. The Morgan fingerprint density at radius 2 is 1.74 bits per heavy atom. The van der Waals surface area contributed by atoms with Crippen molar-refractivity contribution in [3.05, 3.63) is 113 Å². The summed E-state index contributed by atoms with van der Waals surface area (Å²) in [5, 5.41) is 15.4. The van der Waals surface area contributed by atoms with Gasteiger partial charge in [0.15, 0.2) is 0 Å². The van der Waals surface area contributed by atoms with Crippen LogP contribution in [0.25, 0.3) is 10.8 Å². The average Bonchev–Trinajstić information content (AvgIpc) is 2.86. The van der Waals surface area contributed by atoms with Crippen LogP contribution in [0.1, 0.15) is 39.4 Å². The first-order valence-corrected chi connectivity index (χ1v) is 11.6. The lowest BCUT2D eigenvalue weighted by Crippen LogP contribution is -2.36. The Labute approximate surface area is 210 Å². The maximum absolute atomic E-state index is 14.8. The molecule has 0 bridgehead atoms. The Bertz CT molecular complexity index is 1340. The van der Waals surface area contributed by atoms with Crippen molar-refractivity contribution in [1.29, 1.82) is 0 Å². The van der Waals surface area contributed by atoms with E-state index in [2.05, 4.69) is 41.7 Å². The van der Waals surface area contributed by atoms with Gasteiger partial charge in [-0.05, 0) is 65.6 Å². The van der Waals surface area contributed by atoms with Gasteiger partial charge in [0.2, 0.25) is 0 Å². The van der Waals surface area contributed by atoms with E-state index < -0.39 is 11.8 Å². The molecular weight excluding hydrogens is 465 g/mol. The summed E-state index contributed by atoms with van der Waals surface area (Å²) in [6.45, 7) is 1.42. The first-order chi connectivity index (χ1) is 16.6. The number of fused-ring (bicyclic) bond motifs is 2. The third-order valence-electron chi connectivity index (χ3n) is 6.53. The Morgan fingerprint density at radius 3 is 2.60 bits per heavy atom. The molecule has 180 valence electrons. The molecule has 0 amide bonds. The third kappa shape index (κ3) is 5.31. The molecule has 0 radical (unpaired) electrons. The van der Waals surface area contributed by atoms with Gasteiger partial charge in [-0.25, -0.2) is 9.18 Å². The van der Waals surface area contributed by atoms with Crippen LogP contribution >= 0.6 is 12.4 Å². The highest BCUT2D eigenvalue weighted by Crippen LogP contribution is 2.41. The van der Waals surface area contributed by atoms with Crippen LogP contribution < -0.4 is 10.1 Å². The maximum Gasteiger partial charge on any atom is 0.335 e. The molecule has 4 nitrogen and oxygen atoms in total. The molecule has 6 heteroatoms. The molecule has 35 heavy (non-hydrogen) atoms. The number of benzene rings is 4. The highest BCUT2D eigenvalue weighted by atomic mass is 35.5. The van der Waals surface area contributed by atoms with Gasteiger partial charge < -0.3 is 15.2 Å². The summed E-state index contributed by atoms with van der Waals surface area (Å²) in [4.78, 5) is 11.5. The van der Waals surface area contributed by atoms with Gasteiger partial charge in [0.25, 0.3) is 0 Å². The number of carboxylic acids is 1. The topological polar surface area (TPSA) is 58.6 Å². The summed E-state index contributed by atoms with van der Waals surface area (Å²) in [7, 11) is 0. The van der Waals surface area contributed by atoms with E-state index in [9.17, 15) is 14.3 Å². The number of hydrogen-bond acceptors (Lipinski definition) is 3. The predicted octanol–water partition coefficient (Wildman–Crippen LogP) is 6.21. The molecule has 1 aliphatic rings. The molecule has 5 rings (SSSR count). The summed E-state index contributed by atoms with van der Waals surface area (Å²) >= 11 is 0. The zero-order valence-corrected chi connectivity index (χ0v) is 19.9. The molecule has 0 fully saturated rings. The third-order valence-corrected chi connectivity index (χ3v) is 6.53. The number of halogens is 2.